The maximum absolute atomic E-state index is 13.2. The number of rotatable bonds is 8. The molecule has 39 heavy (non-hydrogen) atoms. The molecule has 2 unspecified atom stereocenters. The summed E-state index contributed by atoms with van der Waals surface area (Å²) in [5, 5.41) is 9.65. The molecule has 2 atom stereocenters. The summed E-state index contributed by atoms with van der Waals surface area (Å²) in [6, 6.07) is 11.3. The Labute approximate surface area is 232 Å². The molecule has 0 aliphatic carbocycles. The van der Waals surface area contributed by atoms with Crippen molar-refractivity contribution in [2.75, 3.05) is 27.3 Å². The number of imidazole rings is 1. The molecular formula is C29H32ClN3O6. The van der Waals surface area contributed by atoms with Crippen LogP contribution in [0.4, 0.5) is 0 Å². The lowest BCUT2D eigenvalue weighted by atomic mass is 9.93. The molecule has 10 heteroatoms. The topological polar surface area (TPSA) is 103 Å². The number of carboxylic acids is 1. The van der Waals surface area contributed by atoms with E-state index in [0.717, 1.165) is 16.8 Å². The summed E-state index contributed by atoms with van der Waals surface area (Å²) in [7, 11) is 3.19. The maximum atomic E-state index is 13.2. The Kier molecular flexibility index (Phi) is 8.09. The fraction of sp³-hybridized carbons (Fsp3) is 0.414. The minimum atomic E-state index is -0.787. The van der Waals surface area contributed by atoms with Crippen molar-refractivity contribution in [2.45, 2.75) is 44.3 Å². The first-order valence-corrected chi connectivity index (χ1v) is 13.5. The fourth-order valence-electron chi connectivity index (χ4n) is 5.61. The van der Waals surface area contributed by atoms with Crippen molar-refractivity contribution in [3.63, 3.8) is 0 Å². The summed E-state index contributed by atoms with van der Waals surface area (Å²) >= 11 is 6.46. The highest BCUT2D eigenvalue weighted by Crippen LogP contribution is 2.46. The third-order valence-electron chi connectivity index (χ3n) is 7.56. The van der Waals surface area contributed by atoms with Crippen LogP contribution in [0.2, 0.25) is 5.02 Å². The Bertz CT molecular complexity index is 1350. The summed E-state index contributed by atoms with van der Waals surface area (Å²) in [5.41, 5.74) is 2.52. The first-order chi connectivity index (χ1) is 18.9. The Hall–Kier alpha value is -3.56. The second kappa shape index (κ2) is 11.7. The average Bonchev–Trinajstić information content (AvgIpc) is 3.38. The first-order valence-electron chi connectivity index (χ1n) is 13.1. The predicted molar refractivity (Wildman–Crippen MR) is 145 cm³/mol. The molecule has 5 rings (SSSR count). The van der Waals surface area contributed by atoms with Gasteiger partial charge in [0.1, 0.15) is 18.0 Å². The molecule has 1 saturated heterocycles. The number of nitrogens with zero attached hydrogens (tertiary/aromatic N) is 3. The molecule has 2 aliphatic rings. The number of carbonyl (C=O) groups is 2. The number of carbonyl (C=O) groups excluding carboxylic acids is 1. The lowest BCUT2D eigenvalue weighted by molar-refractivity contribution is -0.138. The number of benzene rings is 2. The van der Waals surface area contributed by atoms with Crippen LogP contribution in [0, 0.1) is 5.92 Å². The highest BCUT2D eigenvalue weighted by molar-refractivity contribution is 6.30. The molecule has 3 heterocycles. The molecule has 3 aromatic rings. The quantitative estimate of drug-likeness (QED) is 0.409. The van der Waals surface area contributed by atoms with Gasteiger partial charge >= 0.3 is 5.97 Å². The third kappa shape index (κ3) is 5.60. The standard InChI is InChI=1S/C29H32ClN3O6/c1-37-23-5-3-4-20(28(23)38-2)27-21-17-19(30)6-7-22(21)33-15-12-31-29(33)24(39-27)8-9-25(34)32-13-10-18(11-14-32)16-26(35)36/h3-7,12,15,17-18,24,27H,8-11,13-14,16H2,1-2H3,(H,35,36). The molecule has 2 aromatic carbocycles. The van der Waals surface area contributed by atoms with E-state index >= 15 is 0 Å². The van der Waals surface area contributed by atoms with Gasteiger partial charge < -0.3 is 28.8 Å². The van der Waals surface area contributed by atoms with Gasteiger partial charge in [0.05, 0.1) is 19.9 Å². The van der Waals surface area contributed by atoms with Crippen molar-refractivity contribution in [2.24, 2.45) is 5.92 Å². The summed E-state index contributed by atoms with van der Waals surface area (Å²) in [5.74, 6) is 1.22. The van der Waals surface area contributed by atoms with E-state index in [1.54, 1.807) is 20.4 Å². The van der Waals surface area contributed by atoms with Crippen LogP contribution in [-0.4, -0.2) is 58.7 Å². The molecule has 1 aromatic heterocycles. The average molecular weight is 554 g/mol. The minimum absolute atomic E-state index is 0.0331. The van der Waals surface area contributed by atoms with E-state index in [2.05, 4.69) is 4.98 Å². The number of piperidine rings is 1. The summed E-state index contributed by atoms with van der Waals surface area (Å²) in [6.07, 6.45) is 4.84. The molecule has 1 amide bonds. The van der Waals surface area contributed by atoms with Crippen LogP contribution in [0.15, 0.2) is 48.8 Å². The molecule has 0 radical (unpaired) electrons. The lowest BCUT2D eigenvalue weighted by Gasteiger charge is -2.32. The van der Waals surface area contributed by atoms with Crippen molar-refractivity contribution in [1.82, 2.24) is 14.5 Å². The van der Waals surface area contributed by atoms with Gasteiger partial charge in [-0.1, -0.05) is 23.7 Å². The molecule has 1 fully saturated rings. The number of fused-ring (bicyclic) bond motifs is 3. The van der Waals surface area contributed by atoms with Crippen LogP contribution in [0.5, 0.6) is 11.5 Å². The number of amides is 1. The van der Waals surface area contributed by atoms with E-state index < -0.39 is 18.2 Å². The van der Waals surface area contributed by atoms with Gasteiger partial charge in [0.15, 0.2) is 11.5 Å². The van der Waals surface area contributed by atoms with Gasteiger partial charge in [0.2, 0.25) is 5.91 Å². The van der Waals surface area contributed by atoms with E-state index in [4.69, 9.17) is 30.9 Å². The normalized spacial score (nSPS) is 19.1. The van der Waals surface area contributed by atoms with E-state index in [9.17, 15) is 9.59 Å². The molecule has 2 aliphatic heterocycles. The second-order valence-electron chi connectivity index (χ2n) is 9.91. The third-order valence-corrected chi connectivity index (χ3v) is 7.79. The highest BCUT2D eigenvalue weighted by Gasteiger charge is 2.34. The van der Waals surface area contributed by atoms with Crippen molar-refractivity contribution in [3.05, 3.63) is 70.8 Å². The van der Waals surface area contributed by atoms with Crippen LogP contribution in [0.1, 0.15) is 61.3 Å². The van der Waals surface area contributed by atoms with E-state index in [1.165, 1.54) is 0 Å². The number of ether oxygens (including phenoxy) is 3. The SMILES string of the molecule is COc1cccc(C2OC(CCC(=O)N3CCC(CC(=O)O)CC3)c3nccn3-c3ccc(Cl)cc32)c1OC. The summed E-state index contributed by atoms with van der Waals surface area (Å²) < 4.78 is 20.1. The van der Waals surface area contributed by atoms with Gasteiger partial charge in [-0.25, -0.2) is 4.98 Å². The molecule has 9 nitrogen and oxygen atoms in total. The van der Waals surface area contributed by atoms with Gasteiger partial charge in [-0.15, -0.1) is 0 Å². The van der Waals surface area contributed by atoms with Crippen molar-refractivity contribution >= 4 is 23.5 Å². The molecule has 206 valence electrons. The number of hydrogen-bond donors (Lipinski definition) is 1. The smallest absolute Gasteiger partial charge is 0.303 e. The summed E-state index contributed by atoms with van der Waals surface area (Å²) in [6.45, 7) is 1.15. The first kappa shape index (κ1) is 27.0. The van der Waals surface area contributed by atoms with Gasteiger partial charge in [-0.2, -0.15) is 0 Å². The largest absolute Gasteiger partial charge is 0.493 e. The van der Waals surface area contributed by atoms with Crippen LogP contribution in [-0.2, 0) is 14.3 Å². The van der Waals surface area contributed by atoms with Gasteiger partial charge in [0, 0.05) is 54.5 Å². The zero-order valence-electron chi connectivity index (χ0n) is 22.0. The maximum Gasteiger partial charge on any atom is 0.303 e. The Morgan fingerprint density at radius 3 is 2.64 bits per heavy atom. The number of carboxylic acid groups (broad SMARTS) is 1. The van der Waals surface area contributed by atoms with Crippen molar-refractivity contribution in [1.29, 1.82) is 0 Å². The van der Waals surface area contributed by atoms with E-state index in [-0.39, 0.29) is 24.7 Å². The predicted octanol–water partition coefficient (Wildman–Crippen LogP) is 5.20. The van der Waals surface area contributed by atoms with Gasteiger partial charge in [0.25, 0.3) is 0 Å². The Balaban J connectivity index is 1.42. The minimum Gasteiger partial charge on any atom is -0.493 e. The van der Waals surface area contributed by atoms with Crippen LogP contribution in [0.3, 0.4) is 0 Å². The lowest BCUT2D eigenvalue weighted by Crippen LogP contribution is -2.39. The molecule has 0 saturated carbocycles. The number of aromatic nitrogens is 2. The zero-order chi connectivity index (χ0) is 27.5. The highest BCUT2D eigenvalue weighted by atomic mass is 35.5. The number of likely N-dealkylation sites (tertiary alicyclic amines) is 1. The molecule has 0 spiro atoms. The number of hydrogen-bond acceptors (Lipinski definition) is 6. The Morgan fingerprint density at radius 2 is 1.92 bits per heavy atom. The zero-order valence-corrected chi connectivity index (χ0v) is 22.8. The number of halogens is 1. The molecular weight excluding hydrogens is 522 g/mol. The van der Waals surface area contributed by atoms with Crippen LogP contribution >= 0.6 is 11.6 Å². The van der Waals surface area contributed by atoms with E-state index in [0.29, 0.717) is 54.7 Å². The van der Waals surface area contributed by atoms with Crippen molar-refractivity contribution < 1.29 is 28.9 Å². The van der Waals surface area contributed by atoms with Crippen LogP contribution in [0.25, 0.3) is 5.69 Å². The molecule has 0 bridgehead atoms. The molecule has 1 N–H and O–H groups in total. The van der Waals surface area contributed by atoms with E-state index in [1.807, 2.05) is 52.1 Å². The number of para-hydroxylation sites is 1. The van der Waals surface area contributed by atoms with Crippen molar-refractivity contribution in [3.8, 4) is 17.2 Å². The Morgan fingerprint density at radius 1 is 1.13 bits per heavy atom. The van der Waals surface area contributed by atoms with Gasteiger partial charge in [-0.3, -0.25) is 9.59 Å². The van der Waals surface area contributed by atoms with Gasteiger partial charge in [-0.05, 0) is 49.4 Å². The monoisotopic (exact) mass is 553 g/mol. The van der Waals surface area contributed by atoms with Crippen LogP contribution < -0.4 is 9.47 Å². The second-order valence-corrected chi connectivity index (χ2v) is 10.3. The summed E-state index contributed by atoms with van der Waals surface area (Å²) in [4.78, 5) is 30.7. The number of aliphatic carboxylic acids is 1. The fourth-order valence-corrected chi connectivity index (χ4v) is 5.79. The number of methoxy groups -OCH3 is 2.